The molecule has 1 aromatic carbocycles. The molecular formula is C19H27NO3. The number of unbranched alkanes of at least 4 members (excludes halogenated alkanes) is 1. The van der Waals surface area contributed by atoms with Crippen LogP contribution in [-0.2, 0) is 16.0 Å². The van der Waals surface area contributed by atoms with Gasteiger partial charge in [-0.15, -0.1) is 0 Å². The van der Waals surface area contributed by atoms with Crippen molar-refractivity contribution >= 4 is 11.9 Å². The fraction of sp³-hybridized carbons (Fsp3) is 0.579. The van der Waals surface area contributed by atoms with E-state index in [1.165, 1.54) is 11.1 Å². The van der Waals surface area contributed by atoms with Crippen molar-refractivity contribution in [1.82, 2.24) is 4.90 Å². The second-order valence-electron chi connectivity index (χ2n) is 6.87. The minimum absolute atomic E-state index is 0.103. The summed E-state index contributed by atoms with van der Waals surface area (Å²) in [7, 11) is 0. The van der Waals surface area contributed by atoms with Crippen molar-refractivity contribution in [2.24, 2.45) is 11.8 Å². The van der Waals surface area contributed by atoms with E-state index in [0.717, 1.165) is 19.3 Å². The van der Waals surface area contributed by atoms with E-state index in [-0.39, 0.29) is 11.8 Å². The van der Waals surface area contributed by atoms with Gasteiger partial charge in [0.2, 0.25) is 5.91 Å². The third kappa shape index (κ3) is 5.38. The van der Waals surface area contributed by atoms with Crippen molar-refractivity contribution in [2.75, 3.05) is 13.1 Å². The lowest BCUT2D eigenvalue weighted by Crippen LogP contribution is -2.45. The van der Waals surface area contributed by atoms with Gasteiger partial charge in [-0.3, -0.25) is 9.59 Å². The number of carboxylic acids is 1. The zero-order valence-electron chi connectivity index (χ0n) is 14.1. The first kappa shape index (κ1) is 17.5. The number of carboxylic acid groups (broad SMARTS) is 1. The van der Waals surface area contributed by atoms with Crippen molar-refractivity contribution < 1.29 is 14.7 Å². The predicted octanol–water partition coefficient (Wildman–Crippen LogP) is 3.28. The van der Waals surface area contributed by atoms with Crippen molar-refractivity contribution in [2.45, 2.75) is 46.0 Å². The third-order valence-electron chi connectivity index (χ3n) is 4.59. The van der Waals surface area contributed by atoms with Crippen LogP contribution in [0.2, 0.25) is 0 Å². The van der Waals surface area contributed by atoms with Gasteiger partial charge in [-0.1, -0.05) is 36.8 Å². The van der Waals surface area contributed by atoms with Gasteiger partial charge in [0, 0.05) is 19.5 Å². The Kier molecular flexibility index (Phi) is 6.20. The zero-order chi connectivity index (χ0) is 16.8. The monoisotopic (exact) mass is 317 g/mol. The quantitative estimate of drug-likeness (QED) is 0.819. The molecule has 1 heterocycles. The summed E-state index contributed by atoms with van der Waals surface area (Å²) in [6, 6.07) is 8.51. The van der Waals surface area contributed by atoms with Gasteiger partial charge in [0.15, 0.2) is 0 Å². The highest BCUT2D eigenvalue weighted by Crippen LogP contribution is 2.22. The number of hydrogen-bond acceptors (Lipinski definition) is 2. The Morgan fingerprint density at radius 3 is 2.52 bits per heavy atom. The Morgan fingerprint density at radius 1 is 1.17 bits per heavy atom. The predicted molar refractivity (Wildman–Crippen MR) is 90.2 cm³/mol. The Balaban J connectivity index is 1.73. The molecule has 4 nitrogen and oxygen atoms in total. The number of aliphatic carboxylic acids is 1. The highest BCUT2D eigenvalue weighted by atomic mass is 16.4. The minimum Gasteiger partial charge on any atom is -0.481 e. The van der Waals surface area contributed by atoms with Crippen LogP contribution in [-0.4, -0.2) is 35.0 Å². The minimum atomic E-state index is -0.784. The molecule has 1 N–H and O–H groups in total. The molecule has 0 saturated carbocycles. The second kappa shape index (κ2) is 8.14. The SMILES string of the molecule is Cc1ccc(CCCCC(=O)N2CC(C)CC(C(=O)O)C2)cc1. The largest absolute Gasteiger partial charge is 0.481 e. The van der Waals surface area contributed by atoms with Crippen molar-refractivity contribution in [1.29, 1.82) is 0 Å². The van der Waals surface area contributed by atoms with Crippen molar-refractivity contribution in [3.05, 3.63) is 35.4 Å². The number of aryl methyl sites for hydroxylation is 2. The summed E-state index contributed by atoms with van der Waals surface area (Å²) >= 11 is 0. The molecule has 0 spiro atoms. The third-order valence-corrected chi connectivity index (χ3v) is 4.59. The molecule has 1 amide bonds. The smallest absolute Gasteiger partial charge is 0.308 e. The van der Waals surface area contributed by atoms with E-state index in [2.05, 4.69) is 31.2 Å². The Labute approximate surface area is 138 Å². The molecular weight excluding hydrogens is 290 g/mol. The number of carbonyl (C=O) groups excluding carboxylic acids is 1. The molecule has 0 aromatic heterocycles. The summed E-state index contributed by atoms with van der Waals surface area (Å²) in [6.45, 7) is 5.16. The van der Waals surface area contributed by atoms with Gasteiger partial charge in [0.25, 0.3) is 0 Å². The Hall–Kier alpha value is -1.84. The van der Waals surface area contributed by atoms with E-state index in [4.69, 9.17) is 0 Å². The topological polar surface area (TPSA) is 57.6 Å². The molecule has 1 aliphatic heterocycles. The van der Waals surface area contributed by atoms with Crippen molar-refractivity contribution in [3.63, 3.8) is 0 Å². The average molecular weight is 317 g/mol. The summed E-state index contributed by atoms with van der Waals surface area (Å²) in [6.07, 6.45) is 4.02. The number of nitrogens with zero attached hydrogens (tertiary/aromatic N) is 1. The van der Waals surface area contributed by atoms with Crippen LogP contribution in [0.15, 0.2) is 24.3 Å². The summed E-state index contributed by atoms with van der Waals surface area (Å²) < 4.78 is 0. The average Bonchev–Trinajstić information content (AvgIpc) is 2.52. The van der Waals surface area contributed by atoms with Gasteiger partial charge < -0.3 is 10.0 Å². The highest BCUT2D eigenvalue weighted by molar-refractivity contribution is 5.78. The Bertz CT molecular complexity index is 538. The molecule has 126 valence electrons. The number of piperidine rings is 1. The van der Waals surface area contributed by atoms with Crippen LogP contribution in [0.4, 0.5) is 0 Å². The lowest BCUT2D eigenvalue weighted by Gasteiger charge is -2.34. The number of benzene rings is 1. The number of likely N-dealkylation sites (tertiary alicyclic amines) is 1. The summed E-state index contributed by atoms with van der Waals surface area (Å²) in [5.74, 6) is -0.822. The zero-order valence-corrected chi connectivity index (χ0v) is 14.1. The fourth-order valence-electron chi connectivity index (χ4n) is 3.25. The molecule has 0 aliphatic carbocycles. The van der Waals surface area contributed by atoms with Crippen LogP contribution in [0, 0.1) is 18.8 Å². The van der Waals surface area contributed by atoms with Gasteiger partial charge in [0.1, 0.15) is 0 Å². The molecule has 1 saturated heterocycles. The van der Waals surface area contributed by atoms with E-state index < -0.39 is 11.9 Å². The second-order valence-corrected chi connectivity index (χ2v) is 6.87. The van der Waals surface area contributed by atoms with Gasteiger partial charge in [-0.05, 0) is 44.1 Å². The highest BCUT2D eigenvalue weighted by Gasteiger charge is 2.31. The molecule has 1 aromatic rings. The Morgan fingerprint density at radius 2 is 1.87 bits per heavy atom. The van der Waals surface area contributed by atoms with E-state index in [1.54, 1.807) is 4.90 Å². The molecule has 2 atom stereocenters. The molecule has 4 heteroatoms. The first-order valence-electron chi connectivity index (χ1n) is 8.52. The van der Waals surface area contributed by atoms with Crippen LogP contribution in [0.25, 0.3) is 0 Å². The maximum atomic E-state index is 12.3. The normalized spacial score (nSPS) is 21.2. The van der Waals surface area contributed by atoms with E-state index in [1.807, 2.05) is 6.92 Å². The molecule has 23 heavy (non-hydrogen) atoms. The van der Waals surface area contributed by atoms with Crippen LogP contribution >= 0.6 is 0 Å². The van der Waals surface area contributed by atoms with Gasteiger partial charge in [-0.25, -0.2) is 0 Å². The van der Waals surface area contributed by atoms with Gasteiger partial charge in [-0.2, -0.15) is 0 Å². The number of rotatable bonds is 6. The molecule has 1 aliphatic rings. The maximum Gasteiger partial charge on any atom is 0.308 e. The van der Waals surface area contributed by atoms with E-state index >= 15 is 0 Å². The van der Waals surface area contributed by atoms with Crippen LogP contribution < -0.4 is 0 Å². The summed E-state index contributed by atoms with van der Waals surface area (Å²) in [5.41, 5.74) is 2.57. The number of amides is 1. The molecule has 2 unspecified atom stereocenters. The number of carbonyl (C=O) groups is 2. The first-order valence-corrected chi connectivity index (χ1v) is 8.52. The molecule has 1 fully saturated rings. The lowest BCUT2D eigenvalue weighted by molar-refractivity contribution is -0.146. The molecule has 2 rings (SSSR count). The van der Waals surface area contributed by atoms with Gasteiger partial charge in [0.05, 0.1) is 5.92 Å². The summed E-state index contributed by atoms with van der Waals surface area (Å²) in [4.78, 5) is 25.2. The lowest BCUT2D eigenvalue weighted by atomic mass is 9.90. The summed E-state index contributed by atoms with van der Waals surface area (Å²) in [5, 5.41) is 9.18. The van der Waals surface area contributed by atoms with E-state index in [9.17, 15) is 14.7 Å². The standard InChI is InChI=1S/C19H27NO3/c1-14-7-9-16(10-8-14)5-3-4-6-18(21)20-12-15(2)11-17(13-20)19(22)23/h7-10,15,17H,3-6,11-13H2,1-2H3,(H,22,23). The molecule has 0 bridgehead atoms. The first-order chi connectivity index (χ1) is 11.0. The van der Waals surface area contributed by atoms with E-state index in [0.29, 0.717) is 25.9 Å². The van der Waals surface area contributed by atoms with Crippen LogP contribution in [0.3, 0.4) is 0 Å². The van der Waals surface area contributed by atoms with Gasteiger partial charge >= 0.3 is 5.97 Å². The van der Waals surface area contributed by atoms with Crippen LogP contribution in [0.5, 0.6) is 0 Å². The number of hydrogen-bond donors (Lipinski definition) is 1. The molecule has 0 radical (unpaired) electrons. The van der Waals surface area contributed by atoms with Crippen molar-refractivity contribution in [3.8, 4) is 0 Å². The fourth-order valence-corrected chi connectivity index (χ4v) is 3.25. The van der Waals surface area contributed by atoms with Crippen LogP contribution in [0.1, 0.15) is 43.7 Å². The maximum absolute atomic E-state index is 12.3.